The third kappa shape index (κ3) is 3.68. The molecule has 1 aliphatic rings. The van der Waals surface area contributed by atoms with Crippen LogP contribution in [-0.4, -0.2) is 33.4 Å². The van der Waals surface area contributed by atoms with Crippen LogP contribution in [0.25, 0.3) is 0 Å². The molecule has 2 aromatic rings. The van der Waals surface area contributed by atoms with Crippen molar-refractivity contribution in [1.82, 2.24) is 0 Å². The molecule has 1 heterocycles. The third-order valence-corrected chi connectivity index (χ3v) is 10.1. The van der Waals surface area contributed by atoms with Gasteiger partial charge >= 0.3 is 0 Å². The minimum atomic E-state index is -2.60. The Morgan fingerprint density at radius 1 is 1.00 bits per heavy atom. The van der Waals surface area contributed by atoms with Crippen LogP contribution < -0.4 is 10.4 Å². The van der Waals surface area contributed by atoms with E-state index in [1.165, 1.54) is 10.4 Å². The highest BCUT2D eigenvalue weighted by Crippen LogP contribution is 2.37. The van der Waals surface area contributed by atoms with E-state index in [2.05, 4.69) is 69.3 Å². The molecule has 138 valence electrons. The van der Waals surface area contributed by atoms with Gasteiger partial charge in [0.25, 0.3) is 8.32 Å². The minimum Gasteiger partial charge on any atom is -0.404 e. The number of carbonyl (C=O) groups excluding carboxylic acids is 1. The van der Waals surface area contributed by atoms with Gasteiger partial charge in [-0.05, 0) is 21.8 Å². The molecule has 0 saturated carbocycles. The third-order valence-electron chi connectivity index (χ3n) is 5.11. The Balaban J connectivity index is 2.04. The molecule has 3 nitrogen and oxygen atoms in total. The van der Waals surface area contributed by atoms with Gasteiger partial charge < -0.3 is 9.16 Å². The van der Waals surface area contributed by atoms with Crippen LogP contribution in [0.3, 0.4) is 0 Å². The van der Waals surface area contributed by atoms with E-state index in [0.717, 1.165) is 6.42 Å². The molecule has 1 saturated heterocycles. The van der Waals surface area contributed by atoms with Crippen molar-refractivity contribution in [2.75, 3.05) is 13.2 Å². The van der Waals surface area contributed by atoms with Crippen molar-refractivity contribution < 1.29 is 14.0 Å². The van der Waals surface area contributed by atoms with Crippen molar-refractivity contribution in [2.24, 2.45) is 0 Å². The van der Waals surface area contributed by atoms with Gasteiger partial charge in [0.1, 0.15) is 6.10 Å². The lowest BCUT2D eigenvalue weighted by molar-refractivity contribution is -0.137. The Bertz CT molecular complexity index is 683. The van der Waals surface area contributed by atoms with Gasteiger partial charge in [0, 0.05) is 13.0 Å². The molecule has 26 heavy (non-hydrogen) atoms. The Morgan fingerprint density at radius 2 is 1.54 bits per heavy atom. The Labute approximate surface area is 157 Å². The van der Waals surface area contributed by atoms with Gasteiger partial charge in [0.15, 0.2) is 5.78 Å². The quantitative estimate of drug-likeness (QED) is 0.760. The summed E-state index contributed by atoms with van der Waals surface area (Å²) in [6, 6.07) is 21.0. The summed E-state index contributed by atoms with van der Waals surface area (Å²) in [4.78, 5) is 12.2. The largest absolute Gasteiger partial charge is 0.404 e. The first-order chi connectivity index (χ1) is 12.4. The summed E-state index contributed by atoms with van der Waals surface area (Å²) in [6.07, 6.45) is 0.967. The summed E-state index contributed by atoms with van der Waals surface area (Å²) in [6.45, 7) is 7.68. The molecule has 4 heteroatoms. The van der Waals surface area contributed by atoms with Gasteiger partial charge in [-0.2, -0.15) is 0 Å². The number of ether oxygens (including phenoxy) is 1. The van der Waals surface area contributed by atoms with Crippen LogP contribution in [0.15, 0.2) is 60.7 Å². The summed E-state index contributed by atoms with van der Waals surface area (Å²) in [5, 5.41) is 2.36. The van der Waals surface area contributed by atoms with Crippen LogP contribution in [0.2, 0.25) is 5.04 Å². The number of benzene rings is 2. The van der Waals surface area contributed by atoms with Gasteiger partial charge in [0.05, 0.1) is 6.61 Å². The molecule has 0 amide bonds. The number of carbonyl (C=O) groups is 1. The second kappa shape index (κ2) is 7.87. The number of rotatable bonds is 5. The van der Waals surface area contributed by atoms with E-state index in [4.69, 9.17) is 9.16 Å². The summed E-state index contributed by atoms with van der Waals surface area (Å²) in [5.74, 6) is 0.161. The van der Waals surface area contributed by atoms with Crippen molar-refractivity contribution in [3.63, 3.8) is 0 Å². The first kappa shape index (κ1) is 19.0. The summed E-state index contributed by atoms with van der Waals surface area (Å²) < 4.78 is 12.5. The number of hydrogen-bond acceptors (Lipinski definition) is 3. The number of hydrogen-bond donors (Lipinski definition) is 0. The van der Waals surface area contributed by atoms with E-state index >= 15 is 0 Å². The summed E-state index contributed by atoms with van der Waals surface area (Å²) >= 11 is 0. The fourth-order valence-corrected chi connectivity index (χ4v) is 8.39. The zero-order chi connectivity index (χ0) is 18.6. The molecule has 0 aromatic heterocycles. The van der Waals surface area contributed by atoms with Gasteiger partial charge in [-0.15, -0.1) is 0 Å². The molecular weight excluding hydrogens is 340 g/mol. The van der Waals surface area contributed by atoms with E-state index in [-0.39, 0.29) is 10.8 Å². The van der Waals surface area contributed by atoms with Crippen LogP contribution in [0.4, 0.5) is 0 Å². The first-order valence-electron chi connectivity index (χ1n) is 9.34. The Kier molecular flexibility index (Phi) is 5.75. The Morgan fingerprint density at radius 3 is 2.00 bits per heavy atom. The predicted molar refractivity (Wildman–Crippen MR) is 108 cm³/mol. The van der Waals surface area contributed by atoms with Crippen LogP contribution in [-0.2, 0) is 14.0 Å². The highest BCUT2D eigenvalue weighted by molar-refractivity contribution is 6.99. The van der Waals surface area contributed by atoms with E-state index in [1.807, 2.05) is 12.1 Å². The van der Waals surface area contributed by atoms with E-state index in [9.17, 15) is 4.79 Å². The first-order valence-corrected chi connectivity index (χ1v) is 11.3. The van der Waals surface area contributed by atoms with Gasteiger partial charge in [-0.3, -0.25) is 4.79 Å². The molecule has 0 N–H and O–H groups in total. The zero-order valence-electron chi connectivity index (χ0n) is 15.9. The molecular formula is C22H28O3Si. The highest BCUT2D eigenvalue weighted by Gasteiger charge is 2.50. The van der Waals surface area contributed by atoms with E-state index in [1.54, 1.807) is 0 Å². The average molecular weight is 369 g/mol. The lowest BCUT2D eigenvalue weighted by atomic mass is 10.1. The van der Waals surface area contributed by atoms with Crippen molar-refractivity contribution in [3.8, 4) is 0 Å². The van der Waals surface area contributed by atoms with Crippen LogP contribution >= 0.6 is 0 Å². The van der Waals surface area contributed by atoms with Crippen LogP contribution in [0.1, 0.15) is 33.6 Å². The fourth-order valence-electron chi connectivity index (χ4n) is 3.83. The Hall–Kier alpha value is -1.75. The van der Waals surface area contributed by atoms with Crippen LogP contribution in [0, 0.1) is 0 Å². The van der Waals surface area contributed by atoms with Gasteiger partial charge in [0.2, 0.25) is 0 Å². The normalized spacial score (nSPS) is 18.7. The maximum absolute atomic E-state index is 12.2. The molecule has 3 rings (SSSR count). The lowest BCUT2D eigenvalue weighted by Gasteiger charge is -2.43. The van der Waals surface area contributed by atoms with Crippen molar-refractivity contribution in [2.45, 2.75) is 44.8 Å². The monoisotopic (exact) mass is 368 g/mol. The van der Waals surface area contributed by atoms with E-state index in [0.29, 0.717) is 19.6 Å². The highest BCUT2D eigenvalue weighted by atomic mass is 28.4. The lowest BCUT2D eigenvalue weighted by Crippen LogP contribution is -2.67. The van der Waals surface area contributed by atoms with Crippen LogP contribution in [0.5, 0.6) is 0 Å². The SMILES string of the molecule is CC(C)(C)[Si](OCC1OCCCC1=O)(c1ccccc1)c1ccccc1. The predicted octanol–water partition coefficient (Wildman–Crippen LogP) is 3.31. The molecule has 0 aliphatic carbocycles. The molecule has 1 unspecified atom stereocenters. The molecule has 1 atom stereocenters. The molecule has 0 bridgehead atoms. The van der Waals surface area contributed by atoms with Crippen molar-refractivity contribution in [3.05, 3.63) is 60.7 Å². The molecule has 2 aromatic carbocycles. The summed E-state index contributed by atoms with van der Waals surface area (Å²) in [7, 11) is -2.60. The molecule has 1 fully saturated rings. The number of ketones is 1. The van der Waals surface area contributed by atoms with Gasteiger partial charge in [-0.25, -0.2) is 0 Å². The van der Waals surface area contributed by atoms with E-state index < -0.39 is 14.4 Å². The van der Waals surface area contributed by atoms with Crippen molar-refractivity contribution in [1.29, 1.82) is 0 Å². The topological polar surface area (TPSA) is 35.5 Å². The average Bonchev–Trinajstić information content (AvgIpc) is 2.64. The second-order valence-electron chi connectivity index (χ2n) is 7.90. The smallest absolute Gasteiger partial charge is 0.261 e. The summed E-state index contributed by atoms with van der Waals surface area (Å²) in [5.41, 5.74) is 0. The standard InChI is InChI=1S/C22H28O3Si/c1-22(2,3)26(18-11-6-4-7-12-18,19-13-8-5-9-14-19)25-17-21-20(23)15-10-16-24-21/h4-9,11-14,21H,10,15-17H2,1-3H3. The minimum absolute atomic E-state index is 0.0899. The van der Waals surface area contributed by atoms with Crippen molar-refractivity contribution >= 4 is 24.5 Å². The molecule has 1 aliphatic heterocycles. The van der Waals surface area contributed by atoms with Gasteiger partial charge in [-0.1, -0.05) is 81.4 Å². The fraction of sp³-hybridized carbons (Fsp3) is 0.409. The maximum atomic E-state index is 12.2. The second-order valence-corrected chi connectivity index (χ2v) is 12.2. The number of Topliss-reactive ketones (excluding diaryl/α,β-unsaturated/α-hetero) is 1. The maximum Gasteiger partial charge on any atom is 0.261 e. The molecule has 0 radical (unpaired) electrons. The zero-order valence-corrected chi connectivity index (χ0v) is 16.9. The molecule has 0 spiro atoms.